The molecule has 1 aliphatic rings. The summed E-state index contributed by atoms with van der Waals surface area (Å²) >= 11 is 7.74. The third-order valence-corrected chi connectivity index (χ3v) is 6.26. The number of carbonyl (C=O) groups excluding carboxylic acids is 1. The number of nitrogens with zero attached hydrogens (tertiary/aromatic N) is 4. The van der Waals surface area contributed by atoms with Crippen molar-refractivity contribution in [3.63, 3.8) is 0 Å². The van der Waals surface area contributed by atoms with Crippen LogP contribution in [-0.4, -0.2) is 51.8 Å². The molecule has 0 unspecified atom stereocenters. The van der Waals surface area contributed by atoms with Gasteiger partial charge in [-0.2, -0.15) is 0 Å². The van der Waals surface area contributed by atoms with Gasteiger partial charge in [-0.3, -0.25) is 19.8 Å². The smallest absolute Gasteiger partial charge is 0.270 e. The van der Waals surface area contributed by atoms with Gasteiger partial charge in [-0.25, -0.2) is 4.98 Å². The number of hydrogen-bond donors (Lipinski definition) is 0. The second kappa shape index (κ2) is 8.91. The minimum absolute atomic E-state index is 0.104. The van der Waals surface area contributed by atoms with Crippen LogP contribution in [0.5, 0.6) is 0 Å². The fourth-order valence-corrected chi connectivity index (χ4v) is 4.47. The van der Waals surface area contributed by atoms with E-state index < -0.39 is 4.92 Å². The summed E-state index contributed by atoms with van der Waals surface area (Å²) in [6.07, 6.45) is 0. The fraction of sp³-hybridized carbons (Fsp3) is 0.238. The van der Waals surface area contributed by atoms with Gasteiger partial charge in [0, 0.05) is 55.8 Å². The summed E-state index contributed by atoms with van der Waals surface area (Å²) in [4.78, 5) is 31.8. The molecule has 3 aromatic rings. The highest BCUT2D eigenvalue weighted by atomic mass is 35.5. The number of rotatable bonds is 5. The minimum atomic E-state index is -0.527. The number of piperazine rings is 1. The average molecular weight is 443 g/mol. The molecule has 0 aliphatic carbocycles. The first-order valence-corrected chi connectivity index (χ1v) is 10.7. The van der Waals surface area contributed by atoms with Gasteiger partial charge in [-0.15, -0.1) is 11.3 Å². The molecule has 1 aromatic heterocycles. The van der Waals surface area contributed by atoms with E-state index in [0.717, 1.165) is 35.9 Å². The lowest BCUT2D eigenvalue weighted by Gasteiger charge is -2.34. The summed E-state index contributed by atoms with van der Waals surface area (Å²) < 4.78 is 0. The summed E-state index contributed by atoms with van der Waals surface area (Å²) in [5, 5.41) is 14.0. The number of thiazole rings is 1. The van der Waals surface area contributed by atoms with Crippen molar-refractivity contribution in [2.45, 2.75) is 6.54 Å². The average Bonchev–Trinajstić information content (AvgIpc) is 3.23. The quantitative estimate of drug-likeness (QED) is 0.434. The monoisotopic (exact) mass is 442 g/mol. The third-order valence-electron chi connectivity index (χ3n) is 5.01. The van der Waals surface area contributed by atoms with Crippen molar-refractivity contribution in [3.8, 4) is 10.6 Å². The summed E-state index contributed by atoms with van der Waals surface area (Å²) in [5.41, 5.74) is 2.31. The maximum absolute atomic E-state index is 12.8. The van der Waals surface area contributed by atoms with E-state index >= 15 is 0 Å². The highest BCUT2D eigenvalue weighted by molar-refractivity contribution is 7.13. The van der Waals surface area contributed by atoms with Crippen molar-refractivity contribution in [1.82, 2.24) is 14.8 Å². The van der Waals surface area contributed by atoms with Gasteiger partial charge in [0.1, 0.15) is 5.01 Å². The zero-order chi connectivity index (χ0) is 21.1. The number of halogens is 1. The first-order valence-electron chi connectivity index (χ1n) is 9.46. The van der Waals surface area contributed by atoms with E-state index in [2.05, 4.69) is 22.4 Å². The number of nitro groups is 1. The van der Waals surface area contributed by atoms with Crippen LogP contribution in [0.3, 0.4) is 0 Å². The van der Waals surface area contributed by atoms with E-state index in [1.807, 2.05) is 18.2 Å². The van der Waals surface area contributed by atoms with E-state index in [9.17, 15) is 14.9 Å². The van der Waals surface area contributed by atoms with Crippen LogP contribution in [0.15, 0.2) is 53.9 Å². The molecule has 0 radical (unpaired) electrons. The van der Waals surface area contributed by atoms with Crippen molar-refractivity contribution < 1.29 is 9.72 Å². The van der Waals surface area contributed by atoms with E-state index in [1.165, 1.54) is 18.2 Å². The predicted molar refractivity (Wildman–Crippen MR) is 117 cm³/mol. The molecule has 0 bridgehead atoms. The van der Waals surface area contributed by atoms with Crippen LogP contribution in [0.4, 0.5) is 5.69 Å². The van der Waals surface area contributed by atoms with Gasteiger partial charge >= 0.3 is 0 Å². The molecule has 154 valence electrons. The van der Waals surface area contributed by atoms with Gasteiger partial charge in [0.05, 0.1) is 21.2 Å². The zero-order valence-corrected chi connectivity index (χ0v) is 17.6. The molecule has 0 saturated carbocycles. The van der Waals surface area contributed by atoms with Crippen LogP contribution in [-0.2, 0) is 6.54 Å². The molecule has 0 atom stereocenters. The topological polar surface area (TPSA) is 79.6 Å². The zero-order valence-electron chi connectivity index (χ0n) is 16.0. The standard InChI is InChI=1S/C21H19ClN4O3S/c22-19-12-17(26(28)29)6-7-18(19)21(27)25-10-8-24(9-11-25)13-16-14-30-20(23-16)15-4-2-1-3-5-15/h1-7,12,14H,8-11,13H2. The van der Waals surface area contributed by atoms with Crippen LogP contribution >= 0.6 is 22.9 Å². The number of benzene rings is 2. The highest BCUT2D eigenvalue weighted by Gasteiger charge is 2.25. The van der Waals surface area contributed by atoms with Crippen molar-refractivity contribution in [1.29, 1.82) is 0 Å². The SMILES string of the molecule is O=C(c1ccc([N+](=O)[O-])cc1Cl)N1CCN(Cc2csc(-c3ccccc3)n2)CC1. The van der Waals surface area contributed by atoms with E-state index in [4.69, 9.17) is 16.6 Å². The number of non-ortho nitro benzene ring substituents is 1. The fourth-order valence-electron chi connectivity index (χ4n) is 3.39. The molecule has 7 nitrogen and oxygen atoms in total. The maximum Gasteiger partial charge on any atom is 0.270 e. The molecule has 9 heteroatoms. The molecular weight excluding hydrogens is 424 g/mol. The summed E-state index contributed by atoms with van der Waals surface area (Å²) in [5.74, 6) is -0.199. The Hall–Kier alpha value is -2.81. The Kier molecular flexibility index (Phi) is 6.08. The molecule has 0 N–H and O–H groups in total. The number of amides is 1. The molecule has 2 heterocycles. The summed E-state index contributed by atoms with van der Waals surface area (Å²) in [6.45, 7) is 3.34. The Labute approximate surface area is 182 Å². The Morgan fingerprint density at radius 3 is 2.53 bits per heavy atom. The molecular formula is C21H19ClN4O3S. The summed E-state index contributed by atoms with van der Waals surface area (Å²) in [7, 11) is 0. The molecule has 30 heavy (non-hydrogen) atoms. The lowest BCUT2D eigenvalue weighted by molar-refractivity contribution is -0.384. The van der Waals surface area contributed by atoms with Crippen molar-refractivity contribution in [3.05, 3.63) is 80.3 Å². The van der Waals surface area contributed by atoms with Crippen molar-refractivity contribution >= 4 is 34.5 Å². The number of nitro benzene ring substituents is 1. The largest absolute Gasteiger partial charge is 0.336 e. The normalized spacial score (nSPS) is 14.6. The Bertz CT molecular complexity index is 1070. The molecule has 0 spiro atoms. The number of hydrogen-bond acceptors (Lipinski definition) is 6. The van der Waals surface area contributed by atoms with Crippen molar-refractivity contribution in [2.24, 2.45) is 0 Å². The highest BCUT2D eigenvalue weighted by Crippen LogP contribution is 2.26. The van der Waals surface area contributed by atoms with Crippen LogP contribution in [0.2, 0.25) is 5.02 Å². The maximum atomic E-state index is 12.8. The molecule has 1 fully saturated rings. The Morgan fingerprint density at radius 1 is 1.13 bits per heavy atom. The van der Waals surface area contributed by atoms with Crippen LogP contribution in [0, 0.1) is 10.1 Å². The van der Waals surface area contributed by atoms with Gasteiger partial charge in [-0.05, 0) is 6.07 Å². The molecule has 1 saturated heterocycles. The van der Waals surface area contributed by atoms with Gasteiger partial charge in [-0.1, -0.05) is 41.9 Å². The second-order valence-corrected chi connectivity index (χ2v) is 8.26. The first-order chi connectivity index (χ1) is 14.5. The Balaban J connectivity index is 1.35. The number of carbonyl (C=O) groups is 1. The first kappa shape index (κ1) is 20.5. The molecule has 1 amide bonds. The summed E-state index contributed by atoms with van der Waals surface area (Å²) in [6, 6.07) is 14.1. The lowest BCUT2D eigenvalue weighted by Crippen LogP contribution is -2.48. The van der Waals surface area contributed by atoms with Gasteiger partial charge in [0.15, 0.2) is 0 Å². The minimum Gasteiger partial charge on any atom is -0.336 e. The van der Waals surface area contributed by atoms with Gasteiger partial charge in [0.25, 0.3) is 11.6 Å². The Morgan fingerprint density at radius 2 is 1.87 bits per heavy atom. The third kappa shape index (κ3) is 4.51. The van der Waals surface area contributed by atoms with Crippen LogP contribution in [0.25, 0.3) is 10.6 Å². The van der Waals surface area contributed by atoms with Crippen molar-refractivity contribution in [2.75, 3.05) is 26.2 Å². The molecule has 1 aliphatic heterocycles. The van der Waals surface area contributed by atoms with Gasteiger partial charge < -0.3 is 4.90 Å². The lowest BCUT2D eigenvalue weighted by atomic mass is 10.1. The van der Waals surface area contributed by atoms with Crippen LogP contribution < -0.4 is 0 Å². The predicted octanol–water partition coefficient (Wildman–Crippen LogP) is 4.33. The second-order valence-electron chi connectivity index (χ2n) is 7.00. The number of aromatic nitrogens is 1. The van der Waals surface area contributed by atoms with Crippen LogP contribution in [0.1, 0.15) is 16.1 Å². The van der Waals surface area contributed by atoms with E-state index in [1.54, 1.807) is 16.2 Å². The van der Waals surface area contributed by atoms with Gasteiger partial charge in [0.2, 0.25) is 0 Å². The molecule has 4 rings (SSSR count). The van der Waals surface area contributed by atoms with E-state index in [-0.39, 0.29) is 16.6 Å². The molecule has 2 aromatic carbocycles. The van der Waals surface area contributed by atoms with E-state index in [0.29, 0.717) is 18.7 Å².